The Morgan fingerprint density at radius 2 is 1.71 bits per heavy atom. The first-order chi connectivity index (χ1) is 9.46. The highest BCUT2D eigenvalue weighted by atomic mass is 16.4. The van der Waals surface area contributed by atoms with Crippen LogP contribution < -0.4 is 11.1 Å². The number of Topliss-reactive ketones (excluding diaryl/α,β-unsaturated/α-hetero) is 1. The van der Waals surface area contributed by atoms with E-state index >= 15 is 0 Å². The van der Waals surface area contributed by atoms with E-state index in [4.69, 9.17) is 10.8 Å². The van der Waals surface area contributed by atoms with Gasteiger partial charge in [-0.1, -0.05) is 27.7 Å². The highest BCUT2D eigenvalue weighted by molar-refractivity contribution is 6.10. The van der Waals surface area contributed by atoms with Crippen LogP contribution >= 0.6 is 0 Å². The molecule has 0 spiro atoms. The molecular weight excluding hydrogens is 276 g/mol. The number of hydrogen-bond donors (Lipinski definition) is 4. The lowest BCUT2D eigenvalue weighted by atomic mass is 9.84. The van der Waals surface area contributed by atoms with Crippen LogP contribution in [0.5, 0.6) is 0 Å². The van der Waals surface area contributed by atoms with Gasteiger partial charge < -0.3 is 15.9 Å². The number of nitrogens with two attached hydrogens (primary N) is 1. The van der Waals surface area contributed by atoms with Gasteiger partial charge in [0.1, 0.15) is 0 Å². The molecule has 0 amide bonds. The summed E-state index contributed by atoms with van der Waals surface area (Å²) in [6.45, 7) is 7.89. The first kappa shape index (κ1) is 19.5. The Morgan fingerprint density at radius 3 is 2.05 bits per heavy atom. The van der Waals surface area contributed by atoms with E-state index in [0.717, 1.165) is 0 Å². The van der Waals surface area contributed by atoms with Crippen molar-refractivity contribution >= 4 is 17.7 Å². The lowest BCUT2D eigenvalue weighted by Crippen LogP contribution is -2.63. The molecule has 7 heteroatoms. The fourth-order valence-corrected chi connectivity index (χ4v) is 1.97. The second-order valence-corrected chi connectivity index (χ2v) is 6.37. The van der Waals surface area contributed by atoms with Crippen molar-refractivity contribution < 1.29 is 24.6 Å². The van der Waals surface area contributed by atoms with Crippen molar-refractivity contribution in [2.24, 2.45) is 11.1 Å². The van der Waals surface area contributed by atoms with Gasteiger partial charge in [0, 0.05) is 0 Å². The number of carbonyl (C=O) groups excluding carboxylic acids is 1. The lowest BCUT2D eigenvalue weighted by Gasteiger charge is -2.31. The SMILES string of the molecule is CCC(NCCC(C)(C)C)(C(=O)O)C(=O)[C@@H](N)CC(=O)O. The third kappa shape index (κ3) is 5.81. The number of rotatable bonds is 9. The zero-order valence-corrected chi connectivity index (χ0v) is 13.1. The number of carbonyl (C=O) groups is 3. The molecule has 21 heavy (non-hydrogen) atoms. The van der Waals surface area contributed by atoms with Gasteiger partial charge in [0.25, 0.3) is 0 Å². The molecule has 5 N–H and O–H groups in total. The molecule has 0 heterocycles. The minimum atomic E-state index is -1.83. The standard InChI is InChI=1S/C14H26N2O5/c1-5-14(12(20)21,16-7-6-13(2,3)4)11(19)9(15)8-10(17)18/h9,16H,5-8,15H2,1-4H3,(H,17,18)(H,20,21)/t9-,14?/m0/s1. The molecule has 0 saturated carbocycles. The van der Waals surface area contributed by atoms with Crippen LogP contribution in [-0.2, 0) is 14.4 Å². The topological polar surface area (TPSA) is 130 Å². The summed E-state index contributed by atoms with van der Waals surface area (Å²) in [7, 11) is 0. The van der Waals surface area contributed by atoms with Gasteiger partial charge in [-0.3, -0.25) is 14.9 Å². The molecule has 0 aromatic rings. The van der Waals surface area contributed by atoms with Gasteiger partial charge in [0.05, 0.1) is 12.5 Å². The Balaban J connectivity index is 5.11. The fraction of sp³-hybridized carbons (Fsp3) is 0.786. The van der Waals surface area contributed by atoms with Crippen molar-refractivity contribution in [3.63, 3.8) is 0 Å². The smallest absolute Gasteiger partial charge is 0.331 e. The summed E-state index contributed by atoms with van der Waals surface area (Å²) < 4.78 is 0. The van der Waals surface area contributed by atoms with E-state index in [1.165, 1.54) is 0 Å². The molecule has 0 saturated heterocycles. The van der Waals surface area contributed by atoms with Gasteiger partial charge in [-0.15, -0.1) is 0 Å². The van der Waals surface area contributed by atoms with Crippen LogP contribution in [0, 0.1) is 5.41 Å². The Hall–Kier alpha value is -1.47. The van der Waals surface area contributed by atoms with Crippen molar-refractivity contribution in [1.29, 1.82) is 0 Å². The summed E-state index contributed by atoms with van der Waals surface area (Å²) >= 11 is 0. The highest BCUT2D eigenvalue weighted by Gasteiger charge is 2.46. The van der Waals surface area contributed by atoms with Crippen LogP contribution in [0.25, 0.3) is 0 Å². The van der Waals surface area contributed by atoms with E-state index in [1.807, 2.05) is 20.8 Å². The van der Waals surface area contributed by atoms with Crippen LogP contribution in [0.3, 0.4) is 0 Å². The summed E-state index contributed by atoms with van der Waals surface area (Å²) in [5.41, 5.74) is 3.69. The molecule has 7 nitrogen and oxygen atoms in total. The van der Waals surface area contributed by atoms with E-state index < -0.39 is 35.7 Å². The second-order valence-electron chi connectivity index (χ2n) is 6.37. The third-order valence-corrected chi connectivity index (χ3v) is 3.35. The summed E-state index contributed by atoms with van der Waals surface area (Å²) in [4.78, 5) is 34.5. The van der Waals surface area contributed by atoms with Crippen LogP contribution in [-0.4, -0.2) is 46.1 Å². The molecule has 0 fully saturated rings. The predicted octanol–water partition coefficient (Wildman–Crippen LogP) is 0.617. The fourth-order valence-electron chi connectivity index (χ4n) is 1.97. The van der Waals surface area contributed by atoms with Crippen molar-refractivity contribution in [2.75, 3.05) is 6.54 Å². The molecule has 0 radical (unpaired) electrons. The van der Waals surface area contributed by atoms with Crippen LogP contribution in [0.15, 0.2) is 0 Å². The Bertz CT molecular complexity index is 403. The first-order valence-corrected chi connectivity index (χ1v) is 6.96. The van der Waals surface area contributed by atoms with Crippen LogP contribution in [0.1, 0.15) is 47.0 Å². The number of hydrogen-bond acceptors (Lipinski definition) is 5. The normalized spacial score (nSPS) is 16.0. The average Bonchev–Trinajstić information content (AvgIpc) is 2.31. The lowest BCUT2D eigenvalue weighted by molar-refractivity contribution is -0.152. The Kier molecular flexibility index (Phi) is 6.99. The molecule has 0 aliphatic heterocycles. The molecule has 2 atom stereocenters. The van der Waals surface area contributed by atoms with Gasteiger partial charge in [-0.05, 0) is 24.8 Å². The average molecular weight is 302 g/mol. The first-order valence-electron chi connectivity index (χ1n) is 6.96. The van der Waals surface area contributed by atoms with E-state index in [-0.39, 0.29) is 11.8 Å². The second kappa shape index (κ2) is 7.51. The van der Waals surface area contributed by atoms with Gasteiger partial charge in [-0.25, -0.2) is 4.79 Å². The molecular formula is C14H26N2O5. The van der Waals surface area contributed by atoms with E-state index in [9.17, 15) is 19.5 Å². The zero-order chi connectivity index (χ0) is 16.8. The quantitative estimate of drug-likeness (QED) is 0.459. The number of carboxylic acid groups (broad SMARTS) is 2. The van der Waals surface area contributed by atoms with E-state index in [0.29, 0.717) is 13.0 Å². The molecule has 0 aromatic heterocycles. The number of carboxylic acids is 2. The van der Waals surface area contributed by atoms with Crippen LogP contribution in [0.2, 0.25) is 0 Å². The molecule has 0 bridgehead atoms. The van der Waals surface area contributed by atoms with Crippen molar-refractivity contribution in [3.05, 3.63) is 0 Å². The molecule has 0 rings (SSSR count). The predicted molar refractivity (Wildman–Crippen MR) is 78.0 cm³/mol. The largest absolute Gasteiger partial charge is 0.481 e. The summed E-state index contributed by atoms with van der Waals surface area (Å²) in [6.07, 6.45) is 0.0803. The van der Waals surface area contributed by atoms with Crippen LogP contribution in [0.4, 0.5) is 0 Å². The molecule has 0 aliphatic carbocycles. The zero-order valence-electron chi connectivity index (χ0n) is 13.1. The number of ketones is 1. The van der Waals surface area contributed by atoms with Gasteiger partial charge >= 0.3 is 11.9 Å². The van der Waals surface area contributed by atoms with Gasteiger partial charge in [-0.2, -0.15) is 0 Å². The molecule has 0 aromatic carbocycles. The molecule has 122 valence electrons. The highest BCUT2D eigenvalue weighted by Crippen LogP contribution is 2.20. The summed E-state index contributed by atoms with van der Waals surface area (Å²) in [5.74, 6) is -3.36. The summed E-state index contributed by atoms with van der Waals surface area (Å²) in [5, 5.41) is 20.9. The minimum absolute atomic E-state index is 0.00136. The summed E-state index contributed by atoms with van der Waals surface area (Å²) in [6, 6.07) is -1.35. The number of aliphatic carboxylic acids is 2. The Morgan fingerprint density at radius 1 is 1.19 bits per heavy atom. The maximum absolute atomic E-state index is 12.3. The van der Waals surface area contributed by atoms with E-state index in [2.05, 4.69) is 5.32 Å². The molecule has 0 aliphatic rings. The minimum Gasteiger partial charge on any atom is -0.481 e. The van der Waals surface area contributed by atoms with Crippen molar-refractivity contribution in [3.8, 4) is 0 Å². The maximum Gasteiger partial charge on any atom is 0.331 e. The third-order valence-electron chi connectivity index (χ3n) is 3.35. The van der Waals surface area contributed by atoms with Crippen molar-refractivity contribution in [2.45, 2.75) is 58.5 Å². The monoisotopic (exact) mass is 302 g/mol. The molecule has 1 unspecified atom stereocenters. The Labute approximate surface area is 124 Å². The van der Waals surface area contributed by atoms with Gasteiger partial charge in [0.15, 0.2) is 11.3 Å². The van der Waals surface area contributed by atoms with Gasteiger partial charge in [0.2, 0.25) is 0 Å². The maximum atomic E-state index is 12.3. The van der Waals surface area contributed by atoms with Crippen molar-refractivity contribution in [1.82, 2.24) is 5.32 Å². The number of nitrogens with one attached hydrogen (secondary N) is 1. The van der Waals surface area contributed by atoms with E-state index in [1.54, 1.807) is 6.92 Å².